The molecule has 0 saturated carbocycles. The molecule has 12 heteroatoms. The van der Waals surface area contributed by atoms with Crippen LogP contribution in [0.2, 0.25) is 0 Å². The molecular formula is C9H19N7O5. The Balaban J connectivity index is 4.09. The highest BCUT2D eigenvalue weighted by atomic mass is 16.7. The second-order valence-corrected chi connectivity index (χ2v) is 4.03. The number of hydrogen-bond acceptors (Lipinski definition) is 7. The monoisotopic (exact) mass is 305 g/mol. The highest BCUT2D eigenvalue weighted by molar-refractivity contribution is 5.88. The van der Waals surface area contributed by atoms with Crippen molar-refractivity contribution in [1.82, 2.24) is 10.7 Å². The minimum Gasteiger partial charge on any atom is -0.394 e. The normalized spacial score (nSPS) is 14.1. The van der Waals surface area contributed by atoms with Gasteiger partial charge in [0.2, 0.25) is 11.8 Å². The van der Waals surface area contributed by atoms with Crippen molar-refractivity contribution in [3.05, 3.63) is 10.1 Å². The third kappa shape index (κ3) is 8.33. The van der Waals surface area contributed by atoms with Crippen LogP contribution in [0.25, 0.3) is 0 Å². The molecule has 0 aromatic carbocycles. The van der Waals surface area contributed by atoms with Crippen molar-refractivity contribution >= 4 is 17.8 Å². The van der Waals surface area contributed by atoms with Gasteiger partial charge >= 0.3 is 0 Å². The van der Waals surface area contributed by atoms with E-state index in [2.05, 4.69) is 10.3 Å². The topological polar surface area (TPSA) is 212 Å². The van der Waals surface area contributed by atoms with Crippen LogP contribution in [-0.2, 0) is 9.59 Å². The first-order valence-electron chi connectivity index (χ1n) is 5.95. The molecule has 0 spiro atoms. The smallest absolute Gasteiger partial charge is 0.251 e. The molecule has 2 amide bonds. The lowest BCUT2D eigenvalue weighted by Gasteiger charge is -2.16. The summed E-state index contributed by atoms with van der Waals surface area (Å²) < 4.78 is 0. The van der Waals surface area contributed by atoms with Crippen LogP contribution in [0.15, 0.2) is 4.99 Å². The second kappa shape index (κ2) is 9.44. The van der Waals surface area contributed by atoms with E-state index >= 15 is 0 Å². The van der Waals surface area contributed by atoms with Crippen molar-refractivity contribution in [2.75, 3.05) is 13.2 Å². The Labute approximate surface area is 119 Å². The van der Waals surface area contributed by atoms with Crippen LogP contribution in [0.5, 0.6) is 0 Å². The number of aliphatic hydroxyl groups is 1. The number of primary amides is 1. The fourth-order valence-corrected chi connectivity index (χ4v) is 1.26. The molecule has 0 aliphatic heterocycles. The Bertz CT molecular complexity index is 413. The Morgan fingerprint density at radius 1 is 1.38 bits per heavy atom. The zero-order valence-corrected chi connectivity index (χ0v) is 11.2. The Hall–Kier alpha value is -2.47. The summed E-state index contributed by atoms with van der Waals surface area (Å²) >= 11 is 0. The minimum atomic E-state index is -1.19. The second-order valence-electron chi connectivity index (χ2n) is 4.03. The molecule has 120 valence electrons. The van der Waals surface area contributed by atoms with Gasteiger partial charge in [0.15, 0.2) is 5.03 Å². The van der Waals surface area contributed by atoms with E-state index in [4.69, 9.17) is 22.3 Å². The molecule has 12 nitrogen and oxygen atoms in total. The molecule has 0 radical (unpaired) electrons. The van der Waals surface area contributed by atoms with Crippen LogP contribution in [0.3, 0.4) is 0 Å². The minimum absolute atomic E-state index is 0.132. The van der Waals surface area contributed by atoms with Crippen LogP contribution >= 0.6 is 0 Å². The van der Waals surface area contributed by atoms with Crippen LogP contribution in [0.4, 0.5) is 0 Å². The molecule has 0 unspecified atom stereocenters. The third-order valence-corrected chi connectivity index (χ3v) is 2.34. The summed E-state index contributed by atoms with van der Waals surface area (Å²) in [7, 11) is 0. The van der Waals surface area contributed by atoms with Gasteiger partial charge in [-0.05, 0) is 12.8 Å². The van der Waals surface area contributed by atoms with Gasteiger partial charge < -0.3 is 27.6 Å². The van der Waals surface area contributed by atoms with Gasteiger partial charge in [0.05, 0.1) is 12.6 Å². The molecule has 0 aliphatic carbocycles. The zero-order chi connectivity index (χ0) is 16.4. The Morgan fingerprint density at radius 2 is 2.00 bits per heavy atom. The first kappa shape index (κ1) is 18.5. The van der Waals surface area contributed by atoms with Gasteiger partial charge in [-0.15, -0.1) is 0 Å². The first-order chi connectivity index (χ1) is 9.77. The van der Waals surface area contributed by atoms with Crippen molar-refractivity contribution in [3.8, 4) is 0 Å². The number of nitro groups is 1. The van der Waals surface area contributed by atoms with E-state index in [1.807, 2.05) is 0 Å². The maximum absolute atomic E-state index is 11.6. The SMILES string of the molecule is NC(=O)[C@H](CO)NC(=O)[C@H](N)CCCN=C(N)N[N+](=O)[O-]. The molecule has 0 fully saturated rings. The summed E-state index contributed by atoms with van der Waals surface area (Å²) in [6.07, 6.45) is 0.549. The van der Waals surface area contributed by atoms with Crippen molar-refractivity contribution in [1.29, 1.82) is 0 Å². The standard InChI is InChI=1S/C9H19N7O5/c10-5(8(19)14-6(4-17)7(11)18)2-1-3-13-9(12)15-16(20)21/h5-6,17H,1-4,10H2,(H2,11,18)(H,14,19)(H3,12,13,15)/t5-,6+/m1/s1. The van der Waals surface area contributed by atoms with Crippen LogP contribution in [0.1, 0.15) is 12.8 Å². The molecule has 0 bridgehead atoms. The molecule has 0 aliphatic rings. The van der Waals surface area contributed by atoms with Crippen molar-refractivity contribution < 1.29 is 19.7 Å². The number of nitrogens with zero attached hydrogens (tertiary/aromatic N) is 2. The molecule has 0 aromatic rings. The average Bonchev–Trinajstić information content (AvgIpc) is 2.39. The van der Waals surface area contributed by atoms with E-state index in [9.17, 15) is 19.7 Å². The van der Waals surface area contributed by atoms with Gasteiger partial charge in [-0.1, -0.05) is 5.43 Å². The quantitative estimate of drug-likeness (QED) is 0.0813. The molecule has 0 aromatic heterocycles. The lowest BCUT2D eigenvalue weighted by atomic mass is 10.1. The van der Waals surface area contributed by atoms with Gasteiger partial charge in [0.25, 0.3) is 5.96 Å². The van der Waals surface area contributed by atoms with Crippen LogP contribution in [-0.4, -0.2) is 53.1 Å². The van der Waals surface area contributed by atoms with Gasteiger partial charge in [0.1, 0.15) is 6.04 Å². The predicted molar refractivity (Wildman–Crippen MR) is 72.0 cm³/mol. The molecule has 0 heterocycles. The largest absolute Gasteiger partial charge is 0.394 e. The number of carbonyl (C=O) groups is 2. The van der Waals surface area contributed by atoms with E-state index in [0.29, 0.717) is 6.42 Å². The van der Waals surface area contributed by atoms with Crippen LogP contribution < -0.4 is 27.9 Å². The summed E-state index contributed by atoms with van der Waals surface area (Å²) in [6, 6.07) is -2.13. The highest BCUT2D eigenvalue weighted by Crippen LogP contribution is 1.96. The van der Waals surface area contributed by atoms with Gasteiger partial charge in [-0.25, -0.2) is 15.1 Å². The highest BCUT2D eigenvalue weighted by Gasteiger charge is 2.20. The lowest BCUT2D eigenvalue weighted by Crippen LogP contribution is -2.52. The van der Waals surface area contributed by atoms with Crippen LogP contribution in [0, 0.1) is 10.1 Å². The van der Waals surface area contributed by atoms with Gasteiger partial charge in [-0.2, -0.15) is 0 Å². The average molecular weight is 305 g/mol. The Morgan fingerprint density at radius 3 is 2.48 bits per heavy atom. The van der Waals surface area contributed by atoms with Crippen molar-refractivity contribution in [2.24, 2.45) is 22.2 Å². The summed E-state index contributed by atoms with van der Waals surface area (Å²) in [5.41, 5.74) is 17.3. The maximum Gasteiger partial charge on any atom is 0.251 e. The number of amides is 2. The lowest BCUT2D eigenvalue weighted by molar-refractivity contribution is -0.525. The summed E-state index contributed by atoms with van der Waals surface area (Å²) in [6.45, 7) is -0.492. The number of nitrogens with one attached hydrogen (secondary N) is 2. The number of hydrazine groups is 1. The number of nitrogens with two attached hydrogens (primary N) is 3. The molecule has 0 saturated heterocycles. The molecular weight excluding hydrogens is 286 g/mol. The first-order valence-corrected chi connectivity index (χ1v) is 5.95. The fourth-order valence-electron chi connectivity index (χ4n) is 1.26. The molecule has 0 rings (SSSR count). The van der Waals surface area contributed by atoms with Crippen molar-refractivity contribution in [2.45, 2.75) is 24.9 Å². The molecule has 2 atom stereocenters. The van der Waals surface area contributed by atoms with E-state index in [1.165, 1.54) is 0 Å². The van der Waals surface area contributed by atoms with E-state index in [1.54, 1.807) is 5.43 Å². The van der Waals surface area contributed by atoms with E-state index in [0.717, 1.165) is 0 Å². The molecule has 9 N–H and O–H groups in total. The van der Waals surface area contributed by atoms with E-state index < -0.39 is 35.5 Å². The summed E-state index contributed by atoms with van der Waals surface area (Å²) in [4.78, 5) is 36.1. The fraction of sp³-hybridized carbons (Fsp3) is 0.667. The number of rotatable bonds is 9. The summed E-state index contributed by atoms with van der Waals surface area (Å²) in [5.74, 6) is -1.87. The maximum atomic E-state index is 11.6. The summed E-state index contributed by atoms with van der Waals surface area (Å²) in [5, 5.41) is 20.2. The number of carbonyl (C=O) groups excluding carboxylic acids is 2. The molecule has 21 heavy (non-hydrogen) atoms. The van der Waals surface area contributed by atoms with Crippen molar-refractivity contribution in [3.63, 3.8) is 0 Å². The predicted octanol–water partition coefficient (Wildman–Crippen LogP) is -3.85. The number of aliphatic hydroxyl groups excluding tert-OH is 1. The Kier molecular flexibility index (Phi) is 8.33. The number of guanidine groups is 1. The third-order valence-electron chi connectivity index (χ3n) is 2.34. The van der Waals surface area contributed by atoms with Gasteiger partial charge in [0, 0.05) is 6.54 Å². The number of aliphatic imine (C=N–C) groups is 1. The van der Waals surface area contributed by atoms with Gasteiger partial charge in [-0.3, -0.25) is 9.59 Å². The zero-order valence-electron chi connectivity index (χ0n) is 11.2. The number of hydrogen-bond donors (Lipinski definition) is 6. The van der Waals surface area contributed by atoms with E-state index in [-0.39, 0.29) is 18.9 Å².